The number of aliphatic hydroxyl groups is 8. The quantitative estimate of drug-likeness (QED) is 0.181. The summed E-state index contributed by atoms with van der Waals surface area (Å²) in [7, 11) is 0. The number of ether oxygens (including phenoxy) is 2. The molecule has 0 aromatic carbocycles. The van der Waals surface area contributed by atoms with Crippen molar-refractivity contribution in [3.63, 3.8) is 0 Å². The molecule has 266 valence electrons. The fraction of sp³-hybridized carbons (Fsp3) is 0.944. The van der Waals surface area contributed by atoms with E-state index in [2.05, 4.69) is 40.7 Å². The van der Waals surface area contributed by atoms with Crippen LogP contribution in [0.15, 0.2) is 11.6 Å². The molecule has 0 spiro atoms. The highest BCUT2D eigenvalue weighted by Crippen LogP contribution is 2.75. The molecule has 5 aliphatic rings. The van der Waals surface area contributed by atoms with E-state index in [1.165, 1.54) is 19.4 Å². The van der Waals surface area contributed by atoms with Gasteiger partial charge in [-0.2, -0.15) is 0 Å². The van der Waals surface area contributed by atoms with Crippen LogP contribution in [0.1, 0.15) is 100 Å². The average molecular weight is 655 g/mol. The number of rotatable bonds is 8. The zero-order valence-corrected chi connectivity index (χ0v) is 29.1. The molecular weight excluding hydrogens is 592 g/mol. The molecule has 16 unspecified atom stereocenters. The van der Waals surface area contributed by atoms with Crippen LogP contribution in [-0.4, -0.2) is 108 Å². The first-order valence-electron chi connectivity index (χ1n) is 17.6. The Hall–Kier alpha value is -0.660. The highest BCUT2D eigenvalue weighted by Gasteiger charge is 2.68. The second-order valence-corrected chi connectivity index (χ2v) is 17.5. The molecule has 46 heavy (non-hydrogen) atoms. The lowest BCUT2D eigenvalue weighted by molar-refractivity contribution is -0.320. The summed E-state index contributed by atoms with van der Waals surface area (Å²) >= 11 is 0. The van der Waals surface area contributed by atoms with Gasteiger partial charge in [-0.1, -0.05) is 53.2 Å². The minimum absolute atomic E-state index is 0.00825. The maximum atomic E-state index is 11.3. The molecule has 1 saturated heterocycles. The maximum absolute atomic E-state index is 11.3. The molecule has 1 aliphatic heterocycles. The largest absolute Gasteiger partial charge is 0.394 e. The Morgan fingerprint density at radius 2 is 1.54 bits per heavy atom. The second-order valence-electron chi connectivity index (χ2n) is 17.5. The van der Waals surface area contributed by atoms with Crippen LogP contribution in [0.4, 0.5) is 0 Å². The Balaban J connectivity index is 1.36. The van der Waals surface area contributed by atoms with Gasteiger partial charge in [0.2, 0.25) is 0 Å². The molecule has 10 heteroatoms. The van der Waals surface area contributed by atoms with Gasteiger partial charge in [0, 0.05) is 5.41 Å². The summed E-state index contributed by atoms with van der Waals surface area (Å²) in [5.74, 6) is 0.674. The van der Waals surface area contributed by atoms with Crippen LogP contribution in [0, 0.1) is 45.3 Å². The third-order valence-electron chi connectivity index (χ3n) is 14.6. The van der Waals surface area contributed by atoms with Crippen molar-refractivity contribution < 1.29 is 50.3 Å². The molecule has 0 aromatic rings. The first-order chi connectivity index (χ1) is 21.2. The molecule has 16 atom stereocenters. The topological polar surface area (TPSA) is 180 Å². The fourth-order valence-corrected chi connectivity index (χ4v) is 11.3. The van der Waals surface area contributed by atoms with E-state index in [1.54, 1.807) is 0 Å². The van der Waals surface area contributed by atoms with Gasteiger partial charge in [0.1, 0.15) is 36.6 Å². The van der Waals surface area contributed by atoms with Gasteiger partial charge < -0.3 is 50.3 Å². The molecule has 3 saturated carbocycles. The van der Waals surface area contributed by atoms with Crippen molar-refractivity contribution in [1.29, 1.82) is 0 Å². The Morgan fingerprint density at radius 3 is 2.15 bits per heavy atom. The standard InChI is InChI=1S/C36H62O10/c1-18(25(38)28(41)30(43)33(4,5)44)19-13-14-36(8)23-11-9-20-21(34(23,6)15-16-35(19,36)7)10-12-24(32(20,2)3)46-31-29(42)27(40)26(39)22(17-37)45-31/h9,18-19,21-31,37-44H,10-17H2,1-8H3. The van der Waals surface area contributed by atoms with Crippen LogP contribution in [0.3, 0.4) is 0 Å². The molecule has 5 rings (SSSR count). The maximum Gasteiger partial charge on any atom is 0.187 e. The average Bonchev–Trinajstić information content (AvgIpc) is 3.27. The Kier molecular flexibility index (Phi) is 9.78. The van der Waals surface area contributed by atoms with Gasteiger partial charge in [0.05, 0.1) is 24.4 Å². The third kappa shape index (κ3) is 5.46. The monoisotopic (exact) mass is 654 g/mol. The molecule has 0 amide bonds. The predicted octanol–water partition coefficient (Wildman–Crippen LogP) is 2.27. The van der Waals surface area contributed by atoms with Crippen molar-refractivity contribution in [3.8, 4) is 0 Å². The lowest BCUT2D eigenvalue weighted by atomic mass is 9.39. The molecule has 0 aromatic heterocycles. The van der Waals surface area contributed by atoms with Crippen molar-refractivity contribution in [1.82, 2.24) is 0 Å². The van der Waals surface area contributed by atoms with Gasteiger partial charge in [0.15, 0.2) is 6.29 Å². The van der Waals surface area contributed by atoms with Crippen LogP contribution in [0.2, 0.25) is 0 Å². The summed E-state index contributed by atoms with van der Waals surface area (Å²) < 4.78 is 12.1. The van der Waals surface area contributed by atoms with Crippen molar-refractivity contribution in [2.75, 3.05) is 6.61 Å². The summed E-state index contributed by atoms with van der Waals surface area (Å²) in [6, 6.07) is 0. The number of aliphatic hydroxyl groups excluding tert-OH is 7. The van der Waals surface area contributed by atoms with Gasteiger partial charge in [-0.3, -0.25) is 0 Å². The van der Waals surface area contributed by atoms with Crippen LogP contribution in [0.25, 0.3) is 0 Å². The van der Waals surface area contributed by atoms with Gasteiger partial charge in [-0.15, -0.1) is 0 Å². The summed E-state index contributed by atoms with van der Waals surface area (Å²) in [6.07, 6.45) is -1.84. The number of allylic oxidation sites excluding steroid dienone is 1. The minimum Gasteiger partial charge on any atom is -0.394 e. The van der Waals surface area contributed by atoms with E-state index >= 15 is 0 Å². The Labute approximate surface area is 274 Å². The summed E-state index contributed by atoms with van der Waals surface area (Å²) in [6.45, 7) is 16.0. The molecule has 1 heterocycles. The van der Waals surface area contributed by atoms with Gasteiger partial charge in [-0.05, 0) is 98.7 Å². The van der Waals surface area contributed by atoms with Gasteiger partial charge in [0.25, 0.3) is 0 Å². The minimum atomic E-state index is -1.53. The Bertz CT molecular complexity index is 1130. The van der Waals surface area contributed by atoms with E-state index in [-0.39, 0.29) is 39.6 Å². The number of hydrogen-bond donors (Lipinski definition) is 8. The van der Waals surface area contributed by atoms with E-state index in [0.717, 1.165) is 44.9 Å². The second kappa shape index (κ2) is 12.3. The number of fused-ring (bicyclic) bond motifs is 5. The zero-order valence-electron chi connectivity index (χ0n) is 29.1. The van der Waals surface area contributed by atoms with Crippen molar-refractivity contribution in [2.45, 2.75) is 161 Å². The highest BCUT2D eigenvalue weighted by molar-refractivity contribution is 5.30. The molecule has 4 aliphatic carbocycles. The molecule has 8 N–H and O–H groups in total. The van der Waals surface area contributed by atoms with E-state index in [9.17, 15) is 40.9 Å². The van der Waals surface area contributed by atoms with E-state index in [0.29, 0.717) is 11.8 Å². The predicted molar refractivity (Wildman–Crippen MR) is 171 cm³/mol. The summed E-state index contributed by atoms with van der Waals surface area (Å²) in [5, 5.41) is 83.9. The molecule has 0 bridgehead atoms. The molecule has 10 nitrogen and oxygen atoms in total. The van der Waals surface area contributed by atoms with Crippen LogP contribution in [0.5, 0.6) is 0 Å². The van der Waals surface area contributed by atoms with Crippen molar-refractivity contribution in [2.24, 2.45) is 45.3 Å². The van der Waals surface area contributed by atoms with E-state index in [4.69, 9.17) is 9.47 Å². The van der Waals surface area contributed by atoms with E-state index in [1.807, 2.05) is 6.92 Å². The van der Waals surface area contributed by atoms with Crippen LogP contribution >= 0.6 is 0 Å². The van der Waals surface area contributed by atoms with Crippen molar-refractivity contribution >= 4 is 0 Å². The highest BCUT2D eigenvalue weighted by atomic mass is 16.7. The number of hydrogen-bond acceptors (Lipinski definition) is 10. The smallest absolute Gasteiger partial charge is 0.187 e. The summed E-state index contributed by atoms with van der Waals surface area (Å²) in [5.41, 5.74) is -0.542. The normalized spacial score (nSPS) is 48.3. The van der Waals surface area contributed by atoms with Crippen LogP contribution < -0.4 is 0 Å². The zero-order chi connectivity index (χ0) is 34.4. The van der Waals surface area contributed by atoms with Gasteiger partial charge in [-0.25, -0.2) is 0 Å². The van der Waals surface area contributed by atoms with Gasteiger partial charge >= 0.3 is 0 Å². The first kappa shape index (κ1) is 36.6. The first-order valence-corrected chi connectivity index (χ1v) is 17.6. The van der Waals surface area contributed by atoms with Crippen LogP contribution in [-0.2, 0) is 9.47 Å². The molecular formula is C36H62O10. The fourth-order valence-electron chi connectivity index (χ4n) is 11.3. The molecule has 4 fully saturated rings. The Morgan fingerprint density at radius 1 is 0.891 bits per heavy atom. The molecule has 0 radical (unpaired) electrons. The lowest BCUT2D eigenvalue weighted by Gasteiger charge is -2.66. The van der Waals surface area contributed by atoms with E-state index < -0.39 is 61.2 Å². The third-order valence-corrected chi connectivity index (χ3v) is 14.6. The summed E-state index contributed by atoms with van der Waals surface area (Å²) in [4.78, 5) is 0. The SMILES string of the molecule is CC(C(O)C(O)C(O)C(C)(C)O)C1CCC2(C)C3CC=C4C(CCC(OC5OC(CO)C(O)C(O)C5O)C4(C)C)C3(C)CCC12C. The van der Waals surface area contributed by atoms with Crippen molar-refractivity contribution in [3.05, 3.63) is 11.6 Å². The lowest BCUT2D eigenvalue weighted by Crippen LogP contribution is -2.62.